The van der Waals surface area contributed by atoms with Crippen LogP contribution in [0.15, 0.2) is 48.5 Å². The Balaban J connectivity index is 1.64. The molecule has 0 spiro atoms. The quantitative estimate of drug-likeness (QED) is 0.451. The number of hydrogen-bond acceptors (Lipinski definition) is 3. The van der Waals surface area contributed by atoms with Gasteiger partial charge in [0.05, 0.1) is 7.11 Å². The molecule has 132 valence electrons. The smallest absolute Gasteiger partial charge is 0.193 e. The zero-order valence-corrected chi connectivity index (χ0v) is 15.3. The van der Waals surface area contributed by atoms with Gasteiger partial charge in [0.25, 0.3) is 0 Å². The number of hydrogen-bond donors (Lipinski definition) is 0. The van der Waals surface area contributed by atoms with Crippen molar-refractivity contribution in [2.24, 2.45) is 0 Å². The first kappa shape index (κ1) is 16.0. The van der Waals surface area contributed by atoms with Crippen LogP contribution in [0.4, 0.5) is 0 Å². The van der Waals surface area contributed by atoms with Crippen LogP contribution in [0.5, 0.6) is 5.75 Å². The van der Waals surface area contributed by atoms with Gasteiger partial charge in [0.15, 0.2) is 11.6 Å². The van der Waals surface area contributed by atoms with E-state index >= 15 is 0 Å². The number of methoxy groups -OCH3 is 1. The van der Waals surface area contributed by atoms with Crippen LogP contribution in [0.3, 0.4) is 0 Å². The molecule has 2 aliphatic carbocycles. The zero-order valence-electron chi connectivity index (χ0n) is 15.3. The number of ether oxygens (including phenoxy) is 1. The first-order valence-electron chi connectivity index (χ1n) is 9.07. The van der Waals surface area contributed by atoms with Gasteiger partial charge in [0, 0.05) is 22.3 Å². The molecule has 0 unspecified atom stereocenters. The Kier molecular flexibility index (Phi) is 3.35. The Morgan fingerprint density at radius 1 is 0.667 bits per heavy atom. The molecule has 27 heavy (non-hydrogen) atoms. The molecule has 0 fully saturated rings. The topological polar surface area (TPSA) is 43.4 Å². The van der Waals surface area contributed by atoms with Crippen molar-refractivity contribution < 1.29 is 14.3 Å². The molecule has 3 nitrogen and oxygen atoms in total. The molecule has 0 N–H and O–H groups in total. The Hall–Kier alpha value is -3.20. The van der Waals surface area contributed by atoms with Crippen LogP contribution in [-0.2, 0) is 12.8 Å². The van der Waals surface area contributed by atoms with Gasteiger partial charge in [-0.25, -0.2) is 0 Å². The van der Waals surface area contributed by atoms with Gasteiger partial charge < -0.3 is 4.74 Å². The molecule has 0 atom stereocenters. The van der Waals surface area contributed by atoms with E-state index < -0.39 is 0 Å². The van der Waals surface area contributed by atoms with Crippen LogP contribution in [0.1, 0.15) is 59.7 Å². The van der Waals surface area contributed by atoms with Gasteiger partial charge >= 0.3 is 0 Å². The Morgan fingerprint density at radius 2 is 1.19 bits per heavy atom. The van der Waals surface area contributed by atoms with E-state index in [-0.39, 0.29) is 11.6 Å². The molecule has 0 amide bonds. The molecule has 2 aliphatic rings. The van der Waals surface area contributed by atoms with Crippen LogP contribution < -0.4 is 4.74 Å². The van der Waals surface area contributed by atoms with Crippen LogP contribution in [0, 0.1) is 6.92 Å². The number of rotatable bonds is 1. The van der Waals surface area contributed by atoms with Crippen LogP contribution in [0.2, 0.25) is 0 Å². The fourth-order valence-corrected chi connectivity index (χ4v) is 4.21. The van der Waals surface area contributed by atoms with Crippen molar-refractivity contribution in [3.8, 4) is 5.75 Å². The first-order chi connectivity index (χ1) is 13.0. The third kappa shape index (κ3) is 2.35. The Bertz CT molecular complexity index is 1150. The van der Waals surface area contributed by atoms with Crippen molar-refractivity contribution in [2.45, 2.75) is 19.8 Å². The summed E-state index contributed by atoms with van der Waals surface area (Å²) in [6, 6.07) is 15.5. The van der Waals surface area contributed by atoms with Crippen molar-refractivity contribution in [3.63, 3.8) is 0 Å². The highest BCUT2D eigenvalue weighted by Gasteiger charge is 2.29. The van der Waals surface area contributed by atoms with Crippen LogP contribution in [-0.4, -0.2) is 18.7 Å². The minimum Gasteiger partial charge on any atom is -0.497 e. The van der Waals surface area contributed by atoms with E-state index in [1.807, 2.05) is 55.5 Å². The van der Waals surface area contributed by atoms with E-state index in [0.717, 1.165) is 38.9 Å². The summed E-state index contributed by atoms with van der Waals surface area (Å²) in [5, 5.41) is 0. The first-order valence-corrected chi connectivity index (χ1v) is 9.07. The lowest BCUT2D eigenvalue weighted by Crippen LogP contribution is -2.21. The predicted molar refractivity (Wildman–Crippen MR) is 103 cm³/mol. The van der Waals surface area contributed by atoms with E-state index in [4.69, 9.17) is 4.74 Å². The largest absolute Gasteiger partial charge is 0.497 e. The lowest BCUT2D eigenvalue weighted by atomic mass is 9.78. The molecule has 3 heteroatoms. The van der Waals surface area contributed by atoms with Crippen molar-refractivity contribution >= 4 is 11.6 Å². The van der Waals surface area contributed by atoms with Gasteiger partial charge in [-0.3, -0.25) is 9.59 Å². The maximum Gasteiger partial charge on any atom is 0.193 e. The molecule has 0 saturated heterocycles. The van der Waals surface area contributed by atoms with Gasteiger partial charge in [-0.05, 0) is 72.4 Å². The van der Waals surface area contributed by atoms with E-state index in [0.29, 0.717) is 29.7 Å². The van der Waals surface area contributed by atoms with E-state index in [1.165, 1.54) is 0 Å². The molecule has 0 heterocycles. The second kappa shape index (κ2) is 5.65. The SMILES string of the molecule is COc1ccc2c(c1)C(=O)c1cc3c(cc1C2)C(=O)c1cc(C)ccc1C3. The molecule has 0 aromatic heterocycles. The molecular formula is C24H18O3. The minimum atomic E-state index is 0.00935. The lowest BCUT2D eigenvalue weighted by Gasteiger charge is -2.24. The number of carbonyl (C=O) groups is 2. The predicted octanol–water partition coefficient (Wildman–Crippen LogP) is 4.27. The number of ketones is 2. The third-order valence-corrected chi connectivity index (χ3v) is 5.65. The summed E-state index contributed by atoms with van der Waals surface area (Å²) in [5.74, 6) is 0.754. The fourth-order valence-electron chi connectivity index (χ4n) is 4.21. The van der Waals surface area contributed by atoms with Crippen molar-refractivity contribution in [1.29, 1.82) is 0 Å². The number of aryl methyl sites for hydroxylation is 1. The monoisotopic (exact) mass is 354 g/mol. The normalized spacial score (nSPS) is 14.1. The maximum absolute atomic E-state index is 13.1. The summed E-state index contributed by atoms with van der Waals surface area (Å²) in [4.78, 5) is 26.1. The second-order valence-corrected chi connectivity index (χ2v) is 7.36. The van der Waals surface area contributed by atoms with Crippen LogP contribution in [0.25, 0.3) is 0 Å². The zero-order chi connectivity index (χ0) is 18.7. The molecule has 0 aliphatic heterocycles. The number of fused-ring (bicyclic) bond motifs is 4. The summed E-state index contributed by atoms with van der Waals surface area (Å²) in [7, 11) is 1.60. The summed E-state index contributed by atoms with van der Waals surface area (Å²) in [6.07, 6.45) is 1.34. The summed E-state index contributed by atoms with van der Waals surface area (Å²) in [6.45, 7) is 2.00. The molecule has 0 saturated carbocycles. The molecular weight excluding hydrogens is 336 g/mol. The highest BCUT2D eigenvalue weighted by Crippen LogP contribution is 2.35. The second-order valence-electron chi connectivity index (χ2n) is 7.36. The van der Waals surface area contributed by atoms with E-state index in [1.54, 1.807) is 7.11 Å². The summed E-state index contributed by atoms with van der Waals surface area (Å²) >= 11 is 0. The van der Waals surface area contributed by atoms with E-state index in [2.05, 4.69) is 0 Å². The lowest BCUT2D eigenvalue weighted by molar-refractivity contribution is 0.102. The maximum atomic E-state index is 13.1. The van der Waals surface area contributed by atoms with E-state index in [9.17, 15) is 9.59 Å². The van der Waals surface area contributed by atoms with Gasteiger partial charge in [-0.1, -0.05) is 23.8 Å². The summed E-state index contributed by atoms with van der Waals surface area (Å²) < 4.78 is 5.27. The Morgan fingerprint density at radius 3 is 1.78 bits per heavy atom. The van der Waals surface area contributed by atoms with Crippen molar-refractivity contribution in [1.82, 2.24) is 0 Å². The number of carbonyl (C=O) groups excluding carboxylic acids is 2. The fraction of sp³-hybridized carbons (Fsp3) is 0.167. The molecule has 0 bridgehead atoms. The average molecular weight is 354 g/mol. The van der Waals surface area contributed by atoms with Gasteiger partial charge in [-0.15, -0.1) is 0 Å². The van der Waals surface area contributed by atoms with Crippen molar-refractivity contribution in [2.75, 3.05) is 7.11 Å². The van der Waals surface area contributed by atoms with Gasteiger partial charge in [0.1, 0.15) is 5.75 Å². The van der Waals surface area contributed by atoms with Gasteiger partial charge in [-0.2, -0.15) is 0 Å². The van der Waals surface area contributed by atoms with Gasteiger partial charge in [0.2, 0.25) is 0 Å². The molecule has 5 rings (SSSR count). The molecule has 3 aromatic carbocycles. The Labute approximate surface area is 157 Å². The summed E-state index contributed by atoms with van der Waals surface area (Å²) in [5.41, 5.74) is 7.89. The van der Waals surface area contributed by atoms with Crippen molar-refractivity contribution in [3.05, 3.63) is 98.6 Å². The minimum absolute atomic E-state index is 0.00935. The molecule has 0 radical (unpaired) electrons. The van der Waals surface area contributed by atoms with Crippen LogP contribution >= 0.6 is 0 Å². The third-order valence-electron chi connectivity index (χ3n) is 5.65. The highest BCUT2D eigenvalue weighted by atomic mass is 16.5. The molecule has 3 aromatic rings. The standard InChI is InChI=1S/C24H18O3/c1-13-3-4-14-8-16-11-21-17(10-20(16)23(25)19(14)7-13)9-15-5-6-18(27-2)12-22(15)24(21)26/h3-7,10-12H,8-9H2,1-2H3. The average Bonchev–Trinajstić information content (AvgIpc) is 2.68. The number of benzene rings is 3. The highest BCUT2D eigenvalue weighted by molar-refractivity contribution is 6.16.